The molecule has 1 rings (SSSR count). The number of likely N-dealkylation sites (N-methyl/N-ethyl adjacent to an activating group) is 1. The zero-order valence-corrected chi connectivity index (χ0v) is 10.9. The Balaban J connectivity index is 2.95. The van der Waals surface area contributed by atoms with E-state index in [1.54, 1.807) is 0 Å². The number of nitrogens with two attached hydrogens (primary N) is 1. The molecule has 0 fully saturated rings. The minimum atomic E-state index is -0.237. The van der Waals surface area contributed by atoms with Gasteiger partial charge in [0.05, 0.1) is 5.54 Å². The lowest BCUT2D eigenvalue weighted by Crippen LogP contribution is -2.46. The fourth-order valence-corrected chi connectivity index (χ4v) is 2.34. The highest BCUT2D eigenvalue weighted by molar-refractivity contribution is 5.24. The molecule has 2 N–H and O–H groups in total. The van der Waals surface area contributed by atoms with Gasteiger partial charge < -0.3 is 10.6 Å². The molecular weight excluding hydrogens is 196 g/mol. The number of rotatable bonds is 5. The predicted octanol–water partition coefficient (Wildman–Crippen LogP) is 2.45. The van der Waals surface area contributed by atoms with Crippen molar-refractivity contribution in [3.8, 4) is 0 Å². The van der Waals surface area contributed by atoms with E-state index in [9.17, 15) is 0 Å². The van der Waals surface area contributed by atoms with Crippen molar-refractivity contribution in [3.63, 3.8) is 0 Å². The highest BCUT2D eigenvalue weighted by atomic mass is 15.1. The quantitative estimate of drug-likeness (QED) is 0.826. The first-order chi connectivity index (χ1) is 7.44. The second kappa shape index (κ2) is 5.46. The maximum absolute atomic E-state index is 6.58. The van der Waals surface area contributed by atoms with Gasteiger partial charge in [-0.25, -0.2) is 0 Å². The Morgan fingerprint density at radius 1 is 1.19 bits per heavy atom. The van der Waals surface area contributed by atoms with Crippen LogP contribution in [-0.2, 0) is 5.54 Å². The van der Waals surface area contributed by atoms with Crippen LogP contribution in [0.3, 0.4) is 0 Å². The molecule has 1 atom stereocenters. The highest BCUT2D eigenvalue weighted by Gasteiger charge is 2.28. The smallest absolute Gasteiger partial charge is 0.0540 e. The molecule has 16 heavy (non-hydrogen) atoms. The van der Waals surface area contributed by atoms with Gasteiger partial charge in [-0.1, -0.05) is 44.2 Å². The summed E-state index contributed by atoms with van der Waals surface area (Å²) in [5, 5.41) is 0. The highest BCUT2D eigenvalue weighted by Crippen LogP contribution is 2.26. The summed E-state index contributed by atoms with van der Waals surface area (Å²) in [4.78, 5) is 2.16. The van der Waals surface area contributed by atoms with Crippen LogP contribution in [0, 0.1) is 5.92 Å². The van der Waals surface area contributed by atoms with E-state index in [1.807, 2.05) is 6.07 Å². The Bertz CT molecular complexity index is 294. The molecular formula is C14H24N2. The van der Waals surface area contributed by atoms with Gasteiger partial charge in [0.25, 0.3) is 0 Å². The van der Waals surface area contributed by atoms with Gasteiger partial charge in [-0.3, -0.25) is 0 Å². The Morgan fingerprint density at radius 3 is 2.19 bits per heavy atom. The molecule has 0 radical (unpaired) electrons. The fraction of sp³-hybridized carbons (Fsp3) is 0.571. The minimum absolute atomic E-state index is 0.237. The first-order valence-corrected chi connectivity index (χ1v) is 5.93. The van der Waals surface area contributed by atoms with E-state index >= 15 is 0 Å². The summed E-state index contributed by atoms with van der Waals surface area (Å²) in [5.74, 6) is 0.602. The molecule has 1 unspecified atom stereocenters. The monoisotopic (exact) mass is 220 g/mol. The van der Waals surface area contributed by atoms with E-state index in [-0.39, 0.29) is 5.54 Å². The molecule has 0 saturated heterocycles. The van der Waals surface area contributed by atoms with Crippen LogP contribution in [0.5, 0.6) is 0 Å². The molecule has 2 heteroatoms. The van der Waals surface area contributed by atoms with Crippen LogP contribution >= 0.6 is 0 Å². The SMILES string of the molecule is CC(C)CC(N)(CN(C)C)c1ccccc1. The number of benzene rings is 1. The van der Waals surface area contributed by atoms with Crippen LogP contribution in [-0.4, -0.2) is 25.5 Å². The molecule has 0 aliphatic heterocycles. The molecule has 0 spiro atoms. The Labute approximate surface area is 99.5 Å². The van der Waals surface area contributed by atoms with E-state index in [2.05, 4.69) is 57.1 Å². The number of nitrogens with zero attached hydrogens (tertiary/aromatic N) is 1. The molecule has 0 bridgehead atoms. The van der Waals surface area contributed by atoms with Crippen molar-refractivity contribution in [2.24, 2.45) is 11.7 Å². The molecule has 0 saturated carbocycles. The third-order valence-corrected chi connectivity index (χ3v) is 2.72. The average molecular weight is 220 g/mol. The van der Waals surface area contributed by atoms with Gasteiger partial charge in [0.1, 0.15) is 0 Å². The van der Waals surface area contributed by atoms with Gasteiger partial charge in [0.2, 0.25) is 0 Å². The van der Waals surface area contributed by atoms with Crippen LogP contribution in [0.4, 0.5) is 0 Å². The molecule has 0 aromatic heterocycles. The Hall–Kier alpha value is -0.860. The number of hydrogen-bond acceptors (Lipinski definition) is 2. The van der Waals surface area contributed by atoms with Crippen molar-refractivity contribution >= 4 is 0 Å². The van der Waals surface area contributed by atoms with E-state index in [4.69, 9.17) is 5.73 Å². The maximum atomic E-state index is 6.58. The molecule has 0 aliphatic rings. The second-order valence-corrected chi connectivity index (χ2v) is 5.36. The lowest BCUT2D eigenvalue weighted by atomic mass is 9.83. The van der Waals surface area contributed by atoms with Crippen molar-refractivity contribution in [2.75, 3.05) is 20.6 Å². The Kier molecular flexibility index (Phi) is 4.51. The minimum Gasteiger partial charge on any atom is -0.320 e. The zero-order chi connectivity index (χ0) is 12.2. The average Bonchev–Trinajstić information content (AvgIpc) is 2.16. The Morgan fingerprint density at radius 2 is 1.75 bits per heavy atom. The van der Waals surface area contributed by atoms with E-state index < -0.39 is 0 Å². The predicted molar refractivity (Wildman–Crippen MR) is 70.3 cm³/mol. The third-order valence-electron chi connectivity index (χ3n) is 2.72. The summed E-state index contributed by atoms with van der Waals surface area (Å²) in [6.45, 7) is 5.33. The van der Waals surface area contributed by atoms with E-state index in [1.165, 1.54) is 5.56 Å². The molecule has 2 nitrogen and oxygen atoms in total. The first-order valence-electron chi connectivity index (χ1n) is 5.93. The third kappa shape index (κ3) is 3.62. The molecule has 1 aromatic carbocycles. The molecule has 0 amide bonds. The summed E-state index contributed by atoms with van der Waals surface area (Å²) < 4.78 is 0. The summed E-state index contributed by atoms with van der Waals surface area (Å²) >= 11 is 0. The van der Waals surface area contributed by atoms with Crippen molar-refractivity contribution in [2.45, 2.75) is 25.8 Å². The normalized spacial score (nSPS) is 15.4. The van der Waals surface area contributed by atoms with Gasteiger partial charge in [0, 0.05) is 6.54 Å². The summed E-state index contributed by atoms with van der Waals surface area (Å²) in [6, 6.07) is 10.4. The van der Waals surface area contributed by atoms with Crippen LogP contribution in [0.15, 0.2) is 30.3 Å². The van der Waals surface area contributed by atoms with Gasteiger partial charge >= 0.3 is 0 Å². The molecule has 1 aromatic rings. The van der Waals surface area contributed by atoms with Crippen molar-refractivity contribution in [1.29, 1.82) is 0 Å². The van der Waals surface area contributed by atoms with Gasteiger partial charge in [-0.05, 0) is 32.0 Å². The van der Waals surface area contributed by atoms with Crippen LogP contribution in [0.25, 0.3) is 0 Å². The van der Waals surface area contributed by atoms with Crippen molar-refractivity contribution in [1.82, 2.24) is 4.90 Å². The lowest BCUT2D eigenvalue weighted by Gasteiger charge is -2.34. The van der Waals surface area contributed by atoms with Crippen LogP contribution < -0.4 is 5.73 Å². The van der Waals surface area contributed by atoms with Gasteiger partial charge in [0.15, 0.2) is 0 Å². The van der Waals surface area contributed by atoms with Gasteiger partial charge in [-0.2, -0.15) is 0 Å². The molecule has 0 aliphatic carbocycles. The zero-order valence-electron chi connectivity index (χ0n) is 10.9. The largest absolute Gasteiger partial charge is 0.320 e. The summed E-state index contributed by atoms with van der Waals surface area (Å²) in [5.41, 5.74) is 7.58. The van der Waals surface area contributed by atoms with Crippen molar-refractivity contribution < 1.29 is 0 Å². The molecule has 90 valence electrons. The molecule has 0 heterocycles. The summed E-state index contributed by atoms with van der Waals surface area (Å²) in [6.07, 6.45) is 1.01. The van der Waals surface area contributed by atoms with Gasteiger partial charge in [-0.15, -0.1) is 0 Å². The topological polar surface area (TPSA) is 29.3 Å². The fourth-order valence-electron chi connectivity index (χ4n) is 2.34. The van der Waals surface area contributed by atoms with E-state index in [0.717, 1.165) is 13.0 Å². The first kappa shape index (κ1) is 13.2. The summed E-state index contributed by atoms with van der Waals surface area (Å²) in [7, 11) is 4.15. The standard InChI is InChI=1S/C14H24N2/c1-12(2)10-14(15,11-16(3)4)13-8-6-5-7-9-13/h5-9,12H,10-11,15H2,1-4H3. The van der Waals surface area contributed by atoms with Crippen LogP contribution in [0.2, 0.25) is 0 Å². The lowest BCUT2D eigenvalue weighted by molar-refractivity contribution is 0.248. The number of hydrogen-bond donors (Lipinski definition) is 1. The van der Waals surface area contributed by atoms with Crippen molar-refractivity contribution in [3.05, 3.63) is 35.9 Å². The maximum Gasteiger partial charge on any atom is 0.0540 e. The second-order valence-electron chi connectivity index (χ2n) is 5.36. The van der Waals surface area contributed by atoms with Crippen LogP contribution in [0.1, 0.15) is 25.8 Å². The van der Waals surface area contributed by atoms with E-state index in [0.29, 0.717) is 5.92 Å².